The quantitative estimate of drug-likeness (QED) is 0.752. The number of pyridine rings is 1. The van der Waals surface area contributed by atoms with Gasteiger partial charge < -0.3 is 5.73 Å². The molecule has 3 aromatic rings. The van der Waals surface area contributed by atoms with Gasteiger partial charge in [0.15, 0.2) is 5.82 Å². The van der Waals surface area contributed by atoms with Crippen LogP contribution in [-0.4, -0.2) is 26.4 Å². The van der Waals surface area contributed by atoms with Crippen LogP contribution in [0.4, 0.5) is 5.69 Å². The summed E-state index contributed by atoms with van der Waals surface area (Å²) in [5, 5.41) is 0. The number of anilines is 1. The van der Waals surface area contributed by atoms with Gasteiger partial charge in [0, 0.05) is 49.5 Å². The number of nitrogen functional groups attached to an aromatic ring is 1. The maximum absolute atomic E-state index is 5.75. The average molecular weight is 317 g/mol. The number of aromatic nitrogens is 3. The second-order valence-corrected chi connectivity index (χ2v) is 6.11. The zero-order valence-electron chi connectivity index (χ0n) is 13.4. The van der Waals surface area contributed by atoms with Gasteiger partial charge in [-0.05, 0) is 47.9 Å². The normalized spacial score (nSPS) is 14.3. The molecule has 120 valence electrons. The summed E-state index contributed by atoms with van der Waals surface area (Å²) in [6, 6.07) is 11.8. The third-order valence-corrected chi connectivity index (χ3v) is 4.32. The number of benzene rings is 1. The Morgan fingerprint density at radius 2 is 1.96 bits per heavy atom. The third-order valence-electron chi connectivity index (χ3n) is 4.32. The van der Waals surface area contributed by atoms with E-state index in [0.717, 1.165) is 48.8 Å². The van der Waals surface area contributed by atoms with E-state index in [1.807, 2.05) is 42.7 Å². The Hall–Kier alpha value is -2.79. The van der Waals surface area contributed by atoms with Crippen molar-refractivity contribution in [1.82, 2.24) is 19.9 Å². The van der Waals surface area contributed by atoms with Gasteiger partial charge in [0.05, 0.1) is 5.69 Å². The second kappa shape index (κ2) is 6.37. The Bertz CT molecular complexity index is 830. The summed E-state index contributed by atoms with van der Waals surface area (Å²) in [6.45, 7) is 2.76. The van der Waals surface area contributed by atoms with E-state index in [2.05, 4.69) is 20.9 Å². The summed E-state index contributed by atoms with van der Waals surface area (Å²) in [5.74, 6) is 0.761. The lowest BCUT2D eigenvalue weighted by Gasteiger charge is -2.27. The maximum atomic E-state index is 5.75. The van der Waals surface area contributed by atoms with E-state index in [1.54, 1.807) is 6.20 Å². The molecule has 0 aliphatic carbocycles. The molecule has 1 aromatic carbocycles. The molecule has 0 bridgehead atoms. The van der Waals surface area contributed by atoms with Crippen LogP contribution in [0, 0.1) is 0 Å². The van der Waals surface area contributed by atoms with E-state index < -0.39 is 0 Å². The van der Waals surface area contributed by atoms with Crippen LogP contribution in [0.15, 0.2) is 55.0 Å². The Labute approximate surface area is 141 Å². The van der Waals surface area contributed by atoms with Gasteiger partial charge in [0.25, 0.3) is 0 Å². The molecule has 0 amide bonds. The van der Waals surface area contributed by atoms with Gasteiger partial charge in [-0.1, -0.05) is 6.07 Å². The maximum Gasteiger partial charge on any atom is 0.159 e. The predicted molar refractivity (Wildman–Crippen MR) is 93.9 cm³/mol. The SMILES string of the molecule is Nc1ccc(-c2ncc3c(n2)CN(Cc2cccnc2)CC3)cc1. The highest BCUT2D eigenvalue weighted by atomic mass is 15.1. The van der Waals surface area contributed by atoms with Crippen molar-refractivity contribution < 1.29 is 0 Å². The first kappa shape index (κ1) is 14.8. The topological polar surface area (TPSA) is 67.9 Å². The zero-order valence-corrected chi connectivity index (χ0v) is 13.4. The fraction of sp³-hybridized carbons (Fsp3) is 0.211. The number of hydrogen-bond donors (Lipinski definition) is 1. The van der Waals surface area contributed by atoms with Gasteiger partial charge in [-0.15, -0.1) is 0 Å². The Balaban J connectivity index is 1.56. The van der Waals surface area contributed by atoms with Crippen molar-refractivity contribution in [3.8, 4) is 11.4 Å². The predicted octanol–water partition coefficient (Wildman–Crippen LogP) is 2.68. The molecule has 24 heavy (non-hydrogen) atoms. The van der Waals surface area contributed by atoms with E-state index in [1.165, 1.54) is 11.1 Å². The lowest BCUT2D eigenvalue weighted by Crippen LogP contribution is -2.31. The van der Waals surface area contributed by atoms with Crippen molar-refractivity contribution in [2.45, 2.75) is 19.5 Å². The van der Waals surface area contributed by atoms with E-state index in [4.69, 9.17) is 10.7 Å². The molecule has 0 spiro atoms. The van der Waals surface area contributed by atoms with Gasteiger partial charge in [-0.2, -0.15) is 0 Å². The van der Waals surface area contributed by atoms with Crippen LogP contribution in [0.25, 0.3) is 11.4 Å². The van der Waals surface area contributed by atoms with Crippen LogP contribution in [0.5, 0.6) is 0 Å². The molecule has 2 aromatic heterocycles. The minimum atomic E-state index is 0.749. The fourth-order valence-electron chi connectivity index (χ4n) is 3.01. The van der Waals surface area contributed by atoms with Gasteiger partial charge >= 0.3 is 0 Å². The van der Waals surface area contributed by atoms with Gasteiger partial charge in [-0.25, -0.2) is 9.97 Å². The van der Waals surface area contributed by atoms with Gasteiger partial charge in [0.2, 0.25) is 0 Å². The standard InChI is InChI=1S/C19H19N5/c20-17-5-3-15(4-6-17)19-22-11-16-7-9-24(13-18(16)23-19)12-14-2-1-8-21-10-14/h1-6,8,10-11H,7,9,12-13,20H2. The van der Waals surface area contributed by atoms with Crippen LogP contribution in [0.1, 0.15) is 16.8 Å². The van der Waals surface area contributed by atoms with Crippen molar-refractivity contribution in [2.75, 3.05) is 12.3 Å². The third kappa shape index (κ3) is 3.12. The number of fused-ring (bicyclic) bond motifs is 1. The largest absolute Gasteiger partial charge is 0.399 e. The van der Waals surface area contributed by atoms with Crippen molar-refractivity contribution in [1.29, 1.82) is 0 Å². The van der Waals surface area contributed by atoms with Gasteiger partial charge in [-0.3, -0.25) is 9.88 Å². The second-order valence-electron chi connectivity index (χ2n) is 6.11. The van der Waals surface area contributed by atoms with Crippen LogP contribution in [0.3, 0.4) is 0 Å². The monoisotopic (exact) mass is 317 g/mol. The minimum absolute atomic E-state index is 0.749. The molecule has 5 heteroatoms. The molecule has 3 heterocycles. The van der Waals surface area contributed by atoms with E-state index in [0.29, 0.717) is 0 Å². The Morgan fingerprint density at radius 3 is 2.75 bits per heavy atom. The summed E-state index contributed by atoms with van der Waals surface area (Å²) in [4.78, 5) is 15.9. The number of nitrogens with two attached hydrogens (primary N) is 1. The van der Waals surface area contributed by atoms with Crippen molar-refractivity contribution in [3.05, 3.63) is 71.8 Å². The molecular weight excluding hydrogens is 298 g/mol. The Kier molecular flexibility index (Phi) is 3.92. The summed E-state index contributed by atoms with van der Waals surface area (Å²) in [6.07, 6.45) is 6.68. The molecule has 1 aliphatic heterocycles. The van der Waals surface area contributed by atoms with E-state index >= 15 is 0 Å². The molecule has 0 saturated heterocycles. The fourth-order valence-corrected chi connectivity index (χ4v) is 3.01. The Morgan fingerprint density at radius 1 is 1.08 bits per heavy atom. The molecule has 0 unspecified atom stereocenters. The molecule has 0 atom stereocenters. The van der Waals surface area contributed by atoms with Crippen molar-refractivity contribution >= 4 is 5.69 Å². The number of hydrogen-bond acceptors (Lipinski definition) is 5. The summed E-state index contributed by atoms with van der Waals surface area (Å²) in [7, 11) is 0. The lowest BCUT2D eigenvalue weighted by atomic mass is 10.1. The molecule has 5 nitrogen and oxygen atoms in total. The number of rotatable bonds is 3. The molecule has 0 saturated carbocycles. The average Bonchev–Trinajstić information content (AvgIpc) is 2.63. The highest BCUT2D eigenvalue weighted by molar-refractivity contribution is 5.58. The van der Waals surface area contributed by atoms with Crippen molar-refractivity contribution in [3.63, 3.8) is 0 Å². The molecule has 2 N–H and O–H groups in total. The molecular formula is C19H19N5. The van der Waals surface area contributed by atoms with Crippen LogP contribution in [-0.2, 0) is 19.5 Å². The van der Waals surface area contributed by atoms with Crippen molar-refractivity contribution in [2.24, 2.45) is 0 Å². The van der Waals surface area contributed by atoms with Crippen LogP contribution >= 0.6 is 0 Å². The van der Waals surface area contributed by atoms with E-state index in [-0.39, 0.29) is 0 Å². The smallest absolute Gasteiger partial charge is 0.159 e. The molecule has 0 radical (unpaired) electrons. The zero-order chi connectivity index (χ0) is 16.4. The summed E-state index contributed by atoms with van der Waals surface area (Å²) < 4.78 is 0. The van der Waals surface area contributed by atoms with Crippen LogP contribution < -0.4 is 5.73 Å². The lowest BCUT2D eigenvalue weighted by molar-refractivity contribution is 0.241. The first-order valence-electron chi connectivity index (χ1n) is 8.10. The number of nitrogens with zero attached hydrogens (tertiary/aromatic N) is 4. The first-order valence-corrected chi connectivity index (χ1v) is 8.10. The molecule has 1 aliphatic rings. The van der Waals surface area contributed by atoms with Gasteiger partial charge in [0.1, 0.15) is 0 Å². The molecule has 4 rings (SSSR count). The van der Waals surface area contributed by atoms with E-state index in [9.17, 15) is 0 Å². The summed E-state index contributed by atoms with van der Waals surface area (Å²) >= 11 is 0. The molecule has 0 fully saturated rings. The highest BCUT2D eigenvalue weighted by Gasteiger charge is 2.19. The minimum Gasteiger partial charge on any atom is -0.399 e. The highest BCUT2D eigenvalue weighted by Crippen LogP contribution is 2.22. The summed E-state index contributed by atoms with van der Waals surface area (Å²) in [5.41, 5.74) is 11.1. The first-order chi connectivity index (χ1) is 11.8. The van der Waals surface area contributed by atoms with Crippen LogP contribution in [0.2, 0.25) is 0 Å².